The van der Waals surface area contributed by atoms with E-state index >= 15 is 0 Å². The number of carbonyl (C=O) groups excluding carboxylic acids is 2. The van der Waals surface area contributed by atoms with E-state index < -0.39 is 23.1 Å². The Morgan fingerprint density at radius 1 is 0.848 bits per heavy atom. The van der Waals surface area contributed by atoms with Gasteiger partial charge in [0.15, 0.2) is 0 Å². The Labute approximate surface area is 199 Å². The van der Waals surface area contributed by atoms with Gasteiger partial charge in [-0.3, -0.25) is 4.98 Å². The predicted octanol–water partition coefficient (Wildman–Crippen LogP) is 4.65. The summed E-state index contributed by atoms with van der Waals surface area (Å²) in [7, 11) is 0. The molecule has 2 rings (SSSR count). The summed E-state index contributed by atoms with van der Waals surface area (Å²) in [5.74, 6) is -1.32. The molecule has 0 fully saturated rings. The van der Waals surface area contributed by atoms with Gasteiger partial charge in [-0.2, -0.15) is 0 Å². The highest BCUT2D eigenvalue weighted by atomic mass is 35.5. The number of hydrogen-bond donors (Lipinski definition) is 2. The lowest BCUT2D eigenvalue weighted by molar-refractivity contribution is -0.0110. The number of carbonyl (C=O) groups is 2. The second-order valence-electron chi connectivity index (χ2n) is 9.16. The first-order valence-corrected chi connectivity index (χ1v) is 11.1. The first-order chi connectivity index (χ1) is 15.3. The number of benzene rings is 1. The van der Waals surface area contributed by atoms with Crippen LogP contribution >= 0.6 is 11.6 Å². The molecule has 1 heterocycles. The normalized spacial score (nSPS) is 11.9. The van der Waals surface area contributed by atoms with E-state index in [1.807, 2.05) is 0 Å². The van der Waals surface area contributed by atoms with Crippen LogP contribution in [0.1, 0.15) is 72.6 Å². The second-order valence-corrected chi connectivity index (χ2v) is 9.60. The lowest BCUT2D eigenvalue weighted by Gasteiger charge is -2.27. The molecule has 0 saturated heterocycles. The Hall–Kier alpha value is -2.48. The number of halogens is 1. The first kappa shape index (κ1) is 26.8. The van der Waals surface area contributed by atoms with Crippen LogP contribution in [0.4, 0.5) is 0 Å². The molecule has 0 bridgehead atoms. The van der Waals surface area contributed by atoms with Crippen LogP contribution in [0.25, 0.3) is 11.1 Å². The van der Waals surface area contributed by atoms with Gasteiger partial charge < -0.3 is 19.7 Å². The zero-order valence-electron chi connectivity index (χ0n) is 20.0. The summed E-state index contributed by atoms with van der Waals surface area (Å²) in [6, 6.07) is 6.75. The van der Waals surface area contributed by atoms with Gasteiger partial charge in [0.1, 0.15) is 11.2 Å². The number of ether oxygens (including phenoxy) is 2. The van der Waals surface area contributed by atoms with E-state index in [9.17, 15) is 19.8 Å². The number of rotatable bonds is 9. The number of aryl methyl sites for hydroxylation is 2. The highest BCUT2D eigenvalue weighted by Gasteiger charge is 2.33. The van der Waals surface area contributed by atoms with Crippen molar-refractivity contribution in [2.24, 2.45) is 0 Å². The van der Waals surface area contributed by atoms with Gasteiger partial charge in [0.2, 0.25) is 0 Å². The third-order valence-electron chi connectivity index (χ3n) is 5.27. The zero-order valence-corrected chi connectivity index (χ0v) is 20.7. The predicted molar refractivity (Wildman–Crippen MR) is 127 cm³/mol. The molecule has 33 heavy (non-hydrogen) atoms. The van der Waals surface area contributed by atoms with Gasteiger partial charge in [0.05, 0.1) is 22.5 Å². The molecule has 0 saturated carbocycles. The Morgan fingerprint density at radius 2 is 1.24 bits per heavy atom. The maximum Gasteiger partial charge on any atom is 0.341 e. The number of esters is 2. The maximum absolute atomic E-state index is 13.3. The standard InChI is InChI=1S/C25H32ClNO6/c1-15-19(22(30)32-24(3,4)11-13-28)21(17-7-9-18(26)10-8-17)20(16(2)27-15)23(31)33-25(5,6)12-14-29/h7-10,28-29H,11-14H2,1-6H3. The fourth-order valence-corrected chi connectivity index (χ4v) is 3.63. The molecule has 2 aromatic rings. The molecule has 0 unspecified atom stereocenters. The smallest absolute Gasteiger partial charge is 0.341 e. The molecule has 0 spiro atoms. The average Bonchev–Trinajstić information content (AvgIpc) is 2.66. The number of aliphatic hydroxyl groups excluding tert-OH is 2. The Balaban J connectivity index is 2.74. The fourth-order valence-electron chi connectivity index (χ4n) is 3.50. The third kappa shape index (κ3) is 6.76. The van der Waals surface area contributed by atoms with Crippen molar-refractivity contribution >= 4 is 23.5 Å². The minimum absolute atomic E-state index is 0.140. The van der Waals surface area contributed by atoms with Crippen molar-refractivity contribution in [3.8, 4) is 11.1 Å². The summed E-state index contributed by atoms with van der Waals surface area (Å²) in [4.78, 5) is 31.1. The molecule has 0 aliphatic heterocycles. The largest absolute Gasteiger partial charge is 0.456 e. The topological polar surface area (TPSA) is 106 Å². The van der Waals surface area contributed by atoms with E-state index in [4.69, 9.17) is 21.1 Å². The van der Waals surface area contributed by atoms with Crippen LogP contribution in [-0.2, 0) is 9.47 Å². The third-order valence-corrected chi connectivity index (χ3v) is 5.52. The van der Waals surface area contributed by atoms with Gasteiger partial charge in [0.25, 0.3) is 0 Å². The summed E-state index contributed by atoms with van der Waals surface area (Å²) in [5.41, 5.74) is 0.135. The second kappa shape index (κ2) is 10.6. The van der Waals surface area contributed by atoms with E-state index in [0.717, 1.165) is 0 Å². The molecule has 180 valence electrons. The maximum atomic E-state index is 13.3. The van der Waals surface area contributed by atoms with E-state index in [2.05, 4.69) is 4.98 Å². The van der Waals surface area contributed by atoms with Gasteiger partial charge in [0, 0.05) is 36.6 Å². The molecule has 0 radical (unpaired) electrons. The van der Waals surface area contributed by atoms with Gasteiger partial charge in [-0.25, -0.2) is 9.59 Å². The van der Waals surface area contributed by atoms with Gasteiger partial charge in [-0.1, -0.05) is 23.7 Å². The van der Waals surface area contributed by atoms with Gasteiger partial charge >= 0.3 is 11.9 Å². The molecule has 0 aliphatic carbocycles. The Bertz CT molecular complexity index is 958. The molecule has 7 nitrogen and oxygen atoms in total. The van der Waals surface area contributed by atoms with E-state index in [1.54, 1.807) is 65.8 Å². The van der Waals surface area contributed by atoms with Crippen molar-refractivity contribution in [1.29, 1.82) is 0 Å². The molecule has 2 N–H and O–H groups in total. The molecule has 1 aromatic heterocycles. The summed E-state index contributed by atoms with van der Waals surface area (Å²) < 4.78 is 11.4. The summed E-state index contributed by atoms with van der Waals surface area (Å²) in [6.07, 6.45) is 0.495. The van der Waals surface area contributed by atoms with Crippen molar-refractivity contribution in [3.63, 3.8) is 0 Å². The van der Waals surface area contributed by atoms with Crippen LogP contribution in [0.15, 0.2) is 24.3 Å². The molecule has 1 aromatic carbocycles. The van der Waals surface area contributed by atoms with Crippen molar-refractivity contribution in [2.75, 3.05) is 13.2 Å². The summed E-state index contributed by atoms with van der Waals surface area (Å²) >= 11 is 6.07. The zero-order chi connectivity index (χ0) is 25.0. The monoisotopic (exact) mass is 477 g/mol. The van der Waals surface area contributed by atoms with Crippen LogP contribution in [-0.4, -0.2) is 51.6 Å². The summed E-state index contributed by atoms with van der Waals surface area (Å²) in [6.45, 7) is 9.86. The quantitative estimate of drug-likeness (QED) is 0.506. The molecule has 0 amide bonds. The first-order valence-electron chi connectivity index (χ1n) is 10.8. The lowest BCUT2D eigenvalue weighted by atomic mass is 9.92. The number of pyridine rings is 1. The van der Waals surface area contributed by atoms with Crippen LogP contribution < -0.4 is 0 Å². The van der Waals surface area contributed by atoms with Crippen LogP contribution in [0.3, 0.4) is 0 Å². The number of hydrogen-bond acceptors (Lipinski definition) is 7. The van der Waals surface area contributed by atoms with Crippen LogP contribution in [0.2, 0.25) is 5.02 Å². The molecule has 0 atom stereocenters. The van der Waals surface area contributed by atoms with Crippen LogP contribution in [0.5, 0.6) is 0 Å². The Morgan fingerprint density at radius 3 is 1.61 bits per heavy atom. The minimum Gasteiger partial charge on any atom is -0.456 e. The van der Waals surface area contributed by atoms with E-state index in [1.165, 1.54) is 0 Å². The minimum atomic E-state index is -0.926. The molecular formula is C25H32ClNO6. The summed E-state index contributed by atoms with van der Waals surface area (Å²) in [5, 5.41) is 19.1. The van der Waals surface area contributed by atoms with E-state index in [0.29, 0.717) is 27.5 Å². The van der Waals surface area contributed by atoms with Gasteiger partial charge in [-0.05, 0) is 59.2 Å². The Kier molecular flexibility index (Phi) is 8.63. The van der Waals surface area contributed by atoms with Crippen molar-refractivity contribution in [2.45, 2.75) is 65.6 Å². The van der Waals surface area contributed by atoms with Crippen molar-refractivity contribution < 1.29 is 29.3 Å². The SMILES string of the molecule is Cc1nc(C)c(C(=O)OC(C)(C)CCO)c(-c2ccc(Cl)cc2)c1C(=O)OC(C)(C)CCO. The lowest BCUT2D eigenvalue weighted by Crippen LogP contribution is -2.32. The molecule has 8 heteroatoms. The molecule has 0 aliphatic rings. The van der Waals surface area contributed by atoms with Crippen molar-refractivity contribution in [1.82, 2.24) is 4.98 Å². The number of nitrogens with zero attached hydrogens (tertiary/aromatic N) is 1. The molecular weight excluding hydrogens is 446 g/mol. The number of aromatic nitrogens is 1. The fraction of sp³-hybridized carbons (Fsp3) is 0.480. The average molecular weight is 478 g/mol. The van der Waals surface area contributed by atoms with Crippen molar-refractivity contribution in [3.05, 3.63) is 51.8 Å². The van der Waals surface area contributed by atoms with Crippen LogP contribution in [0, 0.1) is 13.8 Å². The van der Waals surface area contributed by atoms with E-state index in [-0.39, 0.29) is 37.2 Å². The highest BCUT2D eigenvalue weighted by molar-refractivity contribution is 6.30. The van der Waals surface area contributed by atoms with Gasteiger partial charge in [-0.15, -0.1) is 0 Å². The highest BCUT2D eigenvalue weighted by Crippen LogP contribution is 2.35. The number of aliphatic hydroxyl groups is 2.